The van der Waals surface area contributed by atoms with Crippen molar-refractivity contribution in [2.24, 2.45) is 5.73 Å². The Kier molecular flexibility index (Phi) is 4.58. The average Bonchev–Trinajstić information content (AvgIpc) is 2.93. The van der Waals surface area contributed by atoms with Gasteiger partial charge in [-0.2, -0.15) is 0 Å². The summed E-state index contributed by atoms with van der Waals surface area (Å²) in [6.45, 7) is 4.14. The smallest absolute Gasteiger partial charge is 0.122 e. The number of nitrogens with zero attached hydrogens (tertiary/aromatic N) is 1. The predicted molar refractivity (Wildman–Crippen MR) is 82.2 cm³/mol. The van der Waals surface area contributed by atoms with E-state index in [2.05, 4.69) is 29.2 Å². The molecular formula is C17H26N2O. The number of fused-ring (bicyclic) bond motifs is 1. The van der Waals surface area contributed by atoms with Gasteiger partial charge < -0.3 is 10.5 Å². The minimum absolute atomic E-state index is 0.637. The van der Waals surface area contributed by atoms with Gasteiger partial charge in [0.2, 0.25) is 0 Å². The lowest BCUT2D eigenvalue weighted by Crippen LogP contribution is -2.35. The zero-order chi connectivity index (χ0) is 13.8. The Morgan fingerprint density at radius 2 is 2.15 bits per heavy atom. The highest BCUT2D eigenvalue weighted by molar-refractivity contribution is 5.38. The van der Waals surface area contributed by atoms with Crippen molar-refractivity contribution < 1.29 is 4.74 Å². The molecule has 20 heavy (non-hydrogen) atoms. The molecule has 0 amide bonds. The number of ether oxygens (including phenoxy) is 1. The van der Waals surface area contributed by atoms with E-state index in [1.165, 1.54) is 37.9 Å². The van der Waals surface area contributed by atoms with Gasteiger partial charge in [-0.15, -0.1) is 0 Å². The molecule has 2 N–H and O–H groups in total. The highest BCUT2D eigenvalue weighted by Crippen LogP contribution is 2.35. The Hall–Kier alpha value is -1.06. The minimum atomic E-state index is 0.637. The van der Waals surface area contributed by atoms with Crippen LogP contribution < -0.4 is 10.5 Å². The van der Waals surface area contributed by atoms with E-state index in [4.69, 9.17) is 10.5 Å². The Morgan fingerprint density at radius 1 is 1.25 bits per heavy atom. The van der Waals surface area contributed by atoms with E-state index in [-0.39, 0.29) is 0 Å². The SMILES string of the molecule is NCCCC1CCCN1CC1CCOc2ccccc21. The quantitative estimate of drug-likeness (QED) is 0.897. The maximum atomic E-state index is 5.77. The standard InChI is InChI=1S/C17H26N2O/c18-10-3-5-15-6-4-11-19(15)13-14-9-12-20-17-8-2-1-7-16(14)17/h1-2,7-8,14-15H,3-6,9-13,18H2. The van der Waals surface area contributed by atoms with Gasteiger partial charge in [-0.05, 0) is 56.8 Å². The highest BCUT2D eigenvalue weighted by Gasteiger charge is 2.29. The van der Waals surface area contributed by atoms with Crippen LogP contribution in [0, 0.1) is 0 Å². The fourth-order valence-corrected chi connectivity index (χ4v) is 3.70. The van der Waals surface area contributed by atoms with Crippen LogP contribution in [0.5, 0.6) is 5.75 Å². The summed E-state index contributed by atoms with van der Waals surface area (Å²) >= 11 is 0. The summed E-state index contributed by atoms with van der Waals surface area (Å²) in [5.41, 5.74) is 7.07. The van der Waals surface area contributed by atoms with Crippen molar-refractivity contribution in [3.8, 4) is 5.75 Å². The van der Waals surface area contributed by atoms with Gasteiger partial charge in [0.25, 0.3) is 0 Å². The van der Waals surface area contributed by atoms with Gasteiger partial charge in [0.15, 0.2) is 0 Å². The number of para-hydroxylation sites is 1. The lowest BCUT2D eigenvalue weighted by molar-refractivity contribution is 0.194. The van der Waals surface area contributed by atoms with Crippen LogP contribution in [0.2, 0.25) is 0 Å². The number of benzene rings is 1. The zero-order valence-electron chi connectivity index (χ0n) is 12.3. The molecule has 3 rings (SSSR count). The van der Waals surface area contributed by atoms with Crippen molar-refractivity contribution in [1.82, 2.24) is 4.90 Å². The minimum Gasteiger partial charge on any atom is -0.493 e. The molecule has 2 unspecified atom stereocenters. The molecule has 2 aliphatic heterocycles. The number of rotatable bonds is 5. The monoisotopic (exact) mass is 274 g/mol. The molecule has 1 aromatic rings. The summed E-state index contributed by atoms with van der Waals surface area (Å²) in [4.78, 5) is 2.70. The molecule has 1 fully saturated rings. The highest BCUT2D eigenvalue weighted by atomic mass is 16.5. The second kappa shape index (κ2) is 6.59. The van der Waals surface area contributed by atoms with Crippen molar-refractivity contribution in [1.29, 1.82) is 0 Å². The van der Waals surface area contributed by atoms with Gasteiger partial charge in [0.05, 0.1) is 6.61 Å². The third-order valence-electron chi connectivity index (χ3n) is 4.78. The van der Waals surface area contributed by atoms with Gasteiger partial charge in [0.1, 0.15) is 5.75 Å². The van der Waals surface area contributed by atoms with E-state index in [0.29, 0.717) is 5.92 Å². The van der Waals surface area contributed by atoms with Gasteiger partial charge in [-0.1, -0.05) is 18.2 Å². The van der Waals surface area contributed by atoms with E-state index in [1.807, 2.05) is 0 Å². The normalized spacial score (nSPS) is 26.2. The molecule has 3 nitrogen and oxygen atoms in total. The van der Waals surface area contributed by atoms with Crippen molar-refractivity contribution in [3.05, 3.63) is 29.8 Å². The first-order valence-electron chi connectivity index (χ1n) is 8.04. The summed E-state index contributed by atoms with van der Waals surface area (Å²) in [5.74, 6) is 1.74. The van der Waals surface area contributed by atoms with Gasteiger partial charge in [-0.25, -0.2) is 0 Å². The molecule has 3 heteroatoms. The van der Waals surface area contributed by atoms with Crippen LogP contribution in [0.3, 0.4) is 0 Å². The van der Waals surface area contributed by atoms with Crippen molar-refractivity contribution in [3.63, 3.8) is 0 Å². The van der Waals surface area contributed by atoms with E-state index in [0.717, 1.165) is 37.8 Å². The fourth-order valence-electron chi connectivity index (χ4n) is 3.70. The summed E-state index contributed by atoms with van der Waals surface area (Å²) in [5, 5.41) is 0. The Balaban J connectivity index is 1.66. The molecule has 1 aromatic carbocycles. The second-order valence-electron chi connectivity index (χ2n) is 6.09. The van der Waals surface area contributed by atoms with Crippen molar-refractivity contribution in [2.45, 2.75) is 44.1 Å². The molecule has 0 spiro atoms. The molecule has 0 saturated carbocycles. The van der Waals surface area contributed by atoms with Crippen LogP contribution in [0.15, 0.2) is 24.3 Å². The summed E-state index contributed by atoms with van der Waals surface area (Å²) in [6, 6.07) is 9.31. The van der Waals surface area contributed by atoms with Crippen molar-refractivity contribution >= 4 is 0 Å². The van der Waals surface area contributed by atoms with Crippen LogP contribution in [0.1, 0.15) is 43.6 Å². The van der Waals surface area contributed by atoms with Crippen LogP contribution >= 0.6 is 0 Å². The molecule has 2 atom stereocenters. The first kappa shape index (κ1) is 13.9. The molecule has 2 heterocycles. The predicted octanol–water partition coefficient (Wildman–Crippen LogP) is 2.76. The molecule has 110 valence electrons. The molecule has 0 bridgehead atoms. The molecular weight excluding hydrogens is 248 g/mol. The van der Waals surface area contributed by atoms with Crippen LogP contribution in [-0.2, 0) is 0 Å². The number of likely N-dealkylation sites (tertiary alicyclic amines) is 1. The van der Waals surface area contributed by atoms with Crippen LogP contribution in [0.25, 0.3) is 0 Å². The second-order valence-corrected chi connectivity index (χ2v) is 6.09. The number of hydrogen-bond donors (Lipinski definition) is 1. The first-order valence-corrected chi connectivity index (χ1v) is 8.04. The topological polar surface area (TPSA) is 38.5 Å². The summed E-state index contributed by atoms with van der Waals surface area (Å²) < 4.78 is 5.77. The molecule has 2 aliphatic rings. The Morgan fingerprint density at radius 3 is 3.05 bits per heavy atom. The van der Waals surface area contributed by atoms with Crippen molar-refractivity contribution in [2.75, 3.05) is 26.2 Å². The average molecular weight is 274 g/mol. The largest absolute Gasteiger partial charge is 0.493 e. The van der Waals surface area contributed by atoms with E-state index in [9.17, 15) is 0 Å². The van der Waals surface area contributed by atoms with E-state index < -0.39 is 0 Å². The lowest BCUT2D eigenvalue weighted by Gasteiger charge is -2.32. The van der Waals surface area contributed by atoms with Gasteiger partial charge >= 0.3 is 0 Å². The van der Waals surface area contributed by atoms with E-state index in [1.54, 1.807) is 0 Å². The Labute approximate surface area is 122 Å². The van der Waals surface area contributed by atoms with E-state index >= 15 is 0 Å². The molecule has 0 aromatic heterocycles. The third-order valence-corrected chi connectivity index (χ3v) is 4.78. The summed E-state index contributed by atoms with van der Waals surface area (Å²) in [7, 11) is 0. The fraction of sp³-hybridized carbons (Fsp3) is 0.647. The third kappa shape index (κ3) is 2.99. The maximum absolute atomic E-state index is 5.77. The van der Waals surface area contributed by atoms with Crippen LogP contribution in [-0.4, -0.2) is 37.2 Å². The molecule has 1 saturated heterocycles. The summed E-state index contributed by atoms with van der Waals surface area (Å²) in [6.07, 6.45) is 6.27. The van der Waals surface area contributed by atoms with Crippen LogP contribution in [0.4, 0.5) is 0 Å². The number of hydrogen-bond acceptors (Lipinski definition) is 3. The molecule has 0 aliphatic carbocycles. The zero-order valence-corrected chi connectivity index (χ0v) is 12.3. The lowest BCUT2D eigenvalue weighted by atomic mass is 9.92. The Bertz CT molecular complexity index is 435. The van der Waals surface area contributed by atoms with Gasteiger partial charge in [-0.3, -0.25) is 4.90 Å². The molecule has 0 radical (unpaired) electrons. The van der Waals surface area contributed by atoms with Gasteiger partial charge in [0, 0.05) is 18.5 Å². The first-order chi connectivity index (χ1) is 9.88. The number of nitrogens with two attached hydrogens (primary N) is 1. The maximum Gasteiger partial charge on any atom is 0.122 e.